The number of hydrogen-bond acceptors (Lipinski definition) is 5. The minimum absolute atomic E-state index is 0.136. The largest absolute Gasteiger partial charge is 0.435 e. The minimum Gasteiger partial charge on any atom is -0.366 e. The number of nitrogens with zero attached hydrogens (tertiary/aromatic N) is 5. The second-order valence-corrected chi connectivity index (χ2v) is 7.77. The molecular formula is C23H23F4N7O. The number of hydrogen-bond donors (Lipinski definition) is 2. The molecule has 12 heteroatoms. The number of nitrogens with two attached hydrogens (primary N) is 1. The molecule has 0 radical (unpaired) electrons. The zero-order valence-electron chi connectivity index (χ0n) is 19.0. The topological polar surface area (TPSA) is 103 Å². The SMILES string of the molecule is CCc1c(Nc2nccn3c(-c4cn(CCF)nc4C(F)(F)F)cnc23)ccc(C(N)=O)c1CC. The molecule has 0 unspecified atom stereocenters. The van der Waals surface area contributed by atoms with E-state index in [4.69, 9.17) is 5.73 Å². The molecule has 1 amide bonds. The van der Waals surface area contributed by atoms with E-state index in [0.29, 0.717) is 29.9 Å². The Hall–Kier alpha value is -3.96. The number of fused-ring (bicyclic) bond motifs is 1. The molecule has 8 nitrogen and oxygen atoms in total. The van der Waals surface area contributed by atoms with Gasteiger partial charge in [0.2, 0.25) is 5.91 Å². The van der Waals surface area contributed by atoms with Crippen molar-refractivity contribution in [2.45, 2.75) is 39.4 Å². The third-order valence-electron chi connectivity index (χ3n) is 5.70. The molecule has 3 heterocycles. The van der Waals surface area contributed by atoms with Gasteiger partial charge < -0.3 is 11.1 Å². The molecule has 0 fully saturated rings. The second-order valence-electron chi connectivity index (χ2n) is 7.77. The lowest BCUT2D eigenvalue weighted by atomic mass is 9.95. The first-order valence-corrected chi connectivity index (χ1v) is 10.9. The van der Waals surface area contributed by atoms with Crippen LogP contribution in [0.5, 0.6) is 0 Å². The van der Waals surface area contributed by atoms with E-state index in [1.807, 2.05) is 13.8 Å². The van der Waals surface area contributed by atoms with Gasteiger partial charge in [0.25, 0.3) is 0 Å². The molecule has 0 bridgehead atoms. The summed E-state index contributed by atoms with van der Waals surface area (Å²) in [7, 11) is 0. The van der Waals surface area contributed by atoms with E-state index < -0.39 is 24.5 Å². The van der Waals surface area contributed by atoms with Gasteiger partial charge >= 0.3 is 6.18 Å². The van der Waals surface area contributed by atoms with Crippen molar-refractivity contribution in [3.63, 3.8) is 0 Å². The standard InChI is InChI=1S/C23H23F4N7O/c1-3-13-14(4-2)17(6-5-15(13)20(28)35)31-21-22-30-11-18(34(22)10-8-29-21)16-12-33(9-7-24)32-19(16)23(25,26)27/h5-6,8,10-12H,3-4,7,9H2,1-2H3,(H2,28,35)(H,29,31). The Morgan fingerprint density at radius 1 is 1.14 bits per heavy atom. The van der Waals surface area contributed by atoms with Gasteiger partial charge in [0.1, 0.15) is 6.67 Å². The number of nitrogens with one attached hydrogen (secondary N) is 1. The number of amides is 1. The number of imidazole rings is 1. The summed E-state index contributed by atoms with van der Waals surface area (Å²) >= 11 is 0. The number of primary amides is 1. The summed E-state index contributed by atoms with van der Waals surface area (Å²) in [5.74, 6) is -0.206. The Morgan fingerprint density at radius 3 is 2.51 bits per heavy atom. The Balaban J connectivity index is 1.82. The van der Waals surface area contributed by atoms with Crippen molar-refractivity contribution in [3.05, 3.63) is 59.3 Å². The summed E-state index contributed by atoms with van der Waals surface area (Å²) in [6.07, 6.45) is 1.84. The lowest BCUT2D eigenvalue weighted by Gasteiger charge is -2.17. The van der Waals surface area contributed by atoms with Crippen LogP contribution in [0.25, 0.3) is 16.9 Å². The third-order valence-corrected chi connectivity index (χ3v) is 5.70. The Kier molecular flexibility index (Phi) is 6.46. The van der Waals surface area contributed by atoms with Crippen LogP contribution in [-0.4, -0.2) is 36.7 Å². The maximum absolute atomic E-state index is 13.6. The fourth-order valence-corrected chi connectivity index (χ4v) is 4.20. The first kappa shape index (κ1) is 24.2. The molecule has 0 saturated heterocycles. The summed E-state index contributed by atoms with van der Waals surface area (Å²) in [6.45, 7) is 2.72. The number of carbonyl (C=O) groups is 1. The van der Waals surface area contributed by atoms with Crippen molar-refractivity contribution < 1.29 is 22.4 Å². The first-order valence-electron chi connectivity index (χ1n) is 10.9. The lowest BCUT2D eigenvalue weighted by molar-refractivity contribution is -0.141. The van der Waals surface area contributed by atoms with Gasteiger partial charge in [0.15, 0.2) is 17.2 Å². The Labute approximate surface area is 197 Å². The van der Waals surface area contributed by atoms with Crippen LogP contribution in [0.3, 0.4) is 0 Å². The van der Waals surface area contributed by atoms with Crippen LogP contribution >= 0.6 is 0 Å². The lowest BCUT2D eigenvalue weighted by Crippen LogP contribution is -2.15. The molecule has 184 valence electrons. The number of benzene rings is 1. The van der Waals surface area contributed by atoms with Crippen LogP contribution < -0.4 is 11.1 Å². The Bertz CT molecular complexity index is 1390. The highest BCUT2D eigenvalue weighted by Gasteiger charge is 2.38. The molecule has 1 aromatic carbocycles. The van der Waals surface area contributed by atoms with Crippen LogP contribution in [-0.2, 0) is 25.6 Å². The molecule has 4 aromatic rings. The van der Waals surface area contributed by atoms with Crippen LogP contribution in [0.2, 0.25) is 0 Å². The van der Waals surface area contributed by atoms with E-state index in [1.165, 1.54) is 23.0 Å². The third kappa shape index (κ3) is 4.43. The fraction of sp³-hybridized carbons (Fsp3) is 0.304. The van der Waals surface area contributed by atoms with E-state index in [9.17, 15) is 22.4 Å². The van der Waals surface area contributed by atoms with Crippen LogP contribution in [0.15, 0.2) is 36.9 Å². The minimum atomic E-state index is -4.73. The van der Waals surface area contributed by atoms with Crippen molar-refractivity contribution in [3.8, 4) is 11.3 Å². The fourth-order valence-electron chi connectivity index (χ4n) is 4.20. The smallest absolute Gasteiger partial charge is 0.366 e. The normalized spacial score (nSPS) is 11.8. The van der Waals surface area contributed by atoms with E-state index in [0.717, 1.165) is 22.0 Å². The number of carbonyl (C=O) groups excluding carboxylic acids is 1. The maximum Gasteiger partial charge on any atom is 0.435 e. The van der Waals surface area contributed by atoms with E-state index in [2.05, 4.69) is 20.4 Å². The number of rotatable bonds is 8. The van der Waals surface area contributed by atoms with Crippen molar-refractivity contribution in [2.75, 3.05) is 12.0 Å². The van der Waals surface area contributed by atoms with Gasteiger partial charge in [0.05, 0.1) is 24.0 Å². The average Bonchev–Trinajstić information content (AvgIpc) is 3.43. The Morgan fingerprint density at radius 2 is 1.89 bits per heavy atom. The predicted molar refractivity (Wildman–Crippen MR) is 122 cm³/mol. The molecule has 0 aliphatic heterocycles. The molecule has 0 saturated carbocycles. The molecule has 4 rings (SSSR count). The van der Waals surface area contributed by atoms with E-state index >= 15 is 0 Å². The number of anilines is 2. The van der Waals surface area contributed by atoms with Gasteiger partial charge in [0, 0.05) is 29.8 Å². The van der Waals surface area contributed by atoms with Gasteiger partial charge in [-0.1, -0.05) is 13.8 Å². The zero-order valence-corrected chi connectivity index (χ0v) is 19.0. The second kappa shape index (κ2) is 9.35. The van der Waals surface area contributed by atoms with Crippen LogP contribution in [0.4, 0.5) is 29.1 Å². The van der Waals surface area contributed by atoms with Crippen molar-refractivity contribution in [1.29, 1.82) is 0 Å². The predicted octanol–water partition coefficient (Wildman–Crippen LogP) is 4.55. The highest BCUT2D eigenvalue weighted by Crippen LogP contribution is 2.37. The van der Waals surface area contributed by atoms with Crippen molar-refractivity contribution in [1.82, 2.24) is 24.1 Å². The number of aromatic nitrogens is 5. The number of alkyl halides is 4. The summed E-state index contributed by atoms with van der Waals surface area (Å²) in [6, 6.07) is 3.35. The average molecular weight is 489 g/mol. The van der Waals surface area contributed by atoms with Gasteiger partial charge in [-0.25, -0.2) is 14.4 Å². The van der Waals surface area contributed by atoms with Gasteiger partial charge in [-0.2, -0.15) is 18.3 Å². The summed E-state index contributed by atoms with van der Waals surface area (Å²) < 4.78 is 56.1. The van der Waals surface area contributed by atoms with E-state index in [-0.39, 0.29) is 23.4 Å². The summed E-state index contributed by atoms with van der Waals surface area (Å²) in [5, 5.41) is 6.73. The van der Waals surface area contributed by atoms with E-state index in [1.54, 1.807) is 12.1 Å². The summed E-state index contributed by atoms with van der Waals surface area (Å²) in [4.78, 5) is 20.5. The monoisotopic (exact) mass is 489 g/mol. The quantitative estimate of drug-likeness (QED) is 0.354. The first-order chi connectivity index (χ1) is 16.7. The van der Waals surface area contributed by atoms with Gasteiger partial charge in [-0.05, 0) is 36.1 Å². The molecule has 0 aliphatic carbocycles. The zero-order chi connectivity index (χ0) is 25.3. The number of halogens is 4. The molecule has 0 spiro atoms. The van der Waals surface area contributed by atoms with Crippen LogP contribution in [0, 0.1) is 0 Å². The van der Waals surface area contributed by atoms with Gasteiger partial charge in [-0.3, -0.25) is 13.9 Å². The number of aryl methyl sites for hydroxylation is 1. The maximum atomic E-state index is 13.6. The molecule has 35 heavy (non-hydrogen) atoms. The summed E-state index contributed by atoms with van der Waals surface area (Å²) in [5.41, 5.74) is 7.42. The van der Waals surface area contributed by atoms with Crippen molar-refractivity contribution >= 4 is 23.1 Å². The highest BCUT2D eigenvalue weighted by atomic mass is 19.4. The molecule has 3 N–H and O–H groups in total. The molecule has 0 atom stereocenters. The van der Waals surface area contributed by atoms with Crippen molar-refractivity contribution in [2.24, 2.45) is 5.73 Å². The highest BCUT2D eigenvalue weighted by molar-refractivity contribution is 5.95. The van der Waals surface area contributed by atoms with Crippen LogP contribution in [0.1, 0.15) is 41.0 Å². The molecule has 3 aromatic heterocycles. The van der Waals surface area contributed by atoms with Gasteiger partial charge in [-0.15, -0.1) is 0 Å². The molecular weight excluding hydrogens is 466 g/mol. The molecule has 0 aliphatic rings.